The maximum Gasteiger partial charge on any atom is 0.323 e. The molecule has 0 unspecified atom stereocenters. The number of hydrogen-bond acceptors (Lipinski definition) is 5. The van der Waals surface area contributed by atoms with Gasteiger partial charge in [-0.25, -0.2) is 18.6 Å². The second kappa shape index (κ2) is 8.65. The Morgan fingerprint density at radius 2 is 1.85 bits per heavy atom. The summed E-state index contributed by atoms with van der Waals surface area (Å²) in [6, 6.07) is 8.81. The van der Waals surface area contributed by atoms with E-state index in [9.17, 15) is 18.4 Å². The maximum atomic E-state index is 14.6. The lowest BCUT2D eigenvalue weighted by Gasteiger charge is -2.14. The van der Waals surface area contributed by atoms with Crippen LogP contribution < -0.4 is 21.5 Å². The van der Waals surface area contributed by atoms with Crippen molar-refractivity contribution in [3.8, 4) is 11.1 Å². The molecule has 8 nitrogen and oxygen atoms in total. The first kappa shape index (κ1) is 21.9. The molecule has 168 valence electrons. The van der Waals surface area contributed by atoms with Crippen LogP contribution in [0, 0.1) is 18.6 Å². The molecule has 33 heavy (non-hydrogen) atoms. The molecule has 0 bridgehead atoms. The molecule has 0 aliphatic carbocycles. The lowest BCUT2D eigenvalue weighted by atomic mass is 9.99. The molecule has 2 amide bonds. The highest BCUT2D eigenvalue weighted by molar-refractivity contribution is 6.00. The van der Waals surface area contributed by atoms with Crippen molar-refractivity contribution in [3.63, 3.8) is 0 Å². The topological polar surface area (TPSA) is 101 Å². The number of urea groups is 1. The van der Waals surface area contributed by atoms with Gasteiger partial charge in [-0.3, -0.25) is 9.36 Å². The second-order valence-electron chi connectivity index (χ2n) is 7.38. The number of fused-ring (bicyclic) bond motifs is 1. The molecular formula is C23H20F2N6O2. The first-order chi connectivity index (χ1) is 15.8. The van der Waals surface area contributed by atoms with Crippen LogP contribution >= 0.6 is 0 Å². The largest absolute Gasteiger partial charge is 0.357 e. The van der Waals surface area contributed by atoms with Gasteiger partial charge in [0.1, 0.15) is 17.3 Å². The average Bonchev–Trinajstić information content (AvgIpc) is 2.78. The highest BCUT2D eigenvalue weighted by Crippen LogP contribution is 2.29. The van der Waals surface area contributed by atoms with Crippen molar-refractivity contribution in [1.82, 2.24) is 14.5 Å². The molecular weight excluding hydrogens is 430 g/mol. The van der Waals surface area contributed by atoms with E-state index >= 15 is 0 Å². The molecule has 2 aromatic carbocycles. The molecule has 0 aliphatic heterocycles. The minimum Gasteiger partial charge on any atom is -0.357 e. The Hall–Kier alpha value is -4.34. The number of amides is 2. The fourth-order valence-corrected chi connectivity index (χ4v) is 3.47. The molecule has 2 heterocycles. The van der Waals surface area contributed by atoms with E-state index in [-0.39, 0.29) is 16.9 Å². The summed E-state index contributed by atoms with van der Waals surface area (Å²) in [6.45, 7) is 1.67. The minimum absolute atomic E-state index is 0.131. The van der Waals surface area contributed by atoms with Crippen LogP contribution in [0.2, 0.25) is 0 Å². The maximum absolute atomic E-state index is 14.6. The molecule has 4 aromatic rings. The van der Waals surface area contributed by atoms with Crippen molar-refractivity contribution in [2.75, 3.05) is 23.0 Å². The highest BCUT2D eigenvalue weighted by atomic mass is 19.1. The number of carbonyl (C=O) groups is 1. The number of nitrogens with one attached hydrogen (secondary N) is 3. The Morgan fingerprint density at radius 3 is 2.58 bits per heavy atom. The number of carbonyl (C=O) groups excluding carboxylic acids is 1. The average molecular weight is 450 g/mol. The van der Waals surface area contributed by atoms with E-state index in [0.29, 0.717) is 33.7 Å². The Balaban J connectivity index is 1.73. The summed E-state index contributed by atoms with van der Waals surface area (Å²) in [4.78, 5) is 33.9. The zero-order valence-corrected chi connectivity index (χ0v) is 18.0. The van der Waals surface area contributed by atoms with Crippen molar-refractivity contribution in [3.05, 3.63) is 76.2 Å². The van der Waals surface area contributed by atoms with Crippen LogP contribution in [0.15, 0.2) is 53.5 Å². The molecule has 0 saturated heterocycles. The number of rotatable bonds is 4. The summed E-state index contributed by atoms with van der Waals surface area (Å²) in [5.74, 6) is -0.821. The molecule has 3 N–H and O–H groups in total. The van der Waals surface area contributed by atoms with Gasteiger partial charge in [0.25, 0.3) is 5.56 Å². The van der Waals surface area contributed by atoms with E-state index in [1.807, 2.05) is 0 Å². The van der Waals surface area contributed by atoms with Crippen LogP contribution in [0.4, 0.5) is 30.9 Å². The Kier molecular flexibility index (Phi) is 5.74. The van der Waals surface area contributed by atoms with Gasteiger partial charge < -0.3 is 16.0 Å². The van der Waals surface area contributed by atoms with E-state index in [0.717, 1.165) is 6.07 Å². The van der Waals surface area contributed by atoms with Gasteiger partial charge in [-0.1, -0.05) is 6.07 Å². The fraction of sp³-hybridized carbons (Fsp3) is 0.130. The van der Waals surface area contributed by atoms with Gasteiger partial charge in [-0.05, 0) is 54.4 Å². The molecule has 0 aliphatic rings. The normalized spacial score (nSPS) is 10.8. The lowest BCUT2D eigenvalue weighted by molar-refractivity contribution is 0.262. The van der Waals surface area contributed by atoms with E-state index in [2.05, 4.69) is 25.9 Å². The third kappa shape index (κ3) is 4.36. The Bertz CT molecular complexity index is 1450. The van der Waals surface area contributed by atoms with Crippen molar-refractivity contribution in [1.29, 1.82) is 0 Å². The quantitative estimate of drug-likeness (QED) is 0.431. The Morgan fingerprint density at radius 1 is 1.06 bits per heavy atom. The number of halogens is 2. The number of aromatic nitrogens is 3. The number of aryl methyl sites for hydroxylation is 2. The van der Waals surface area contributed by atoms with Gasteiger partial charge >= 0.3 is 6.03 Å². The molecule has 0 saturated carbocycles. The molecule has 0 radical (unpaired) electrons. The number of anilines is 3. The molecule has 4 rings (SSSR count). The zero-order valence-electron chi connectivity index (χ0n) is 18.0. The Labute approximate surface area is 187 Å². The molecule has 10 heteroatoms. The van der Waals surface area contributed by atoms with Crippen LogP contribution in [0.5, 0.6) is 0 Å². The smallest absolute Gasteiger partial charge is 0.323 e. The number of hydrogen-bond donors (Lipinski definition) is 3. The minimum atomic E-state index is -0.756. The summed E-state index contributed by atoms with van der Waals surface area (Å²) in [5, 5.41) is 8.30. The fourth-order valence-electron chi connectivity index (χ4n) is 3.47. The lowest BCUT2D eigenvalue weighted by Crippen LogP contribution is -2.22. The van der Waals surface area contributed by atoms with Gasteiger partial charge in [0.15, 0.2) is 0 Å². The first-order valence-corrected chi connectivity index (χ1v) is 9.95. The molecule has 0 atom stereocenters. The SMILES string of the molecule is CNc1ncc2cc(-c3cc(NC(=O)Nc4cccc(F)c4)c(F)cc3C)c(=O)n(C)c2n1. The summed E-state index contributed by atoms with van der Waals surface area (Å²) in [5.41, 5.74) is 1.43. The van der Waals surface area contributed by atoms with Gasteiger partial charge in [-0.15, -0.1) is 0 Å². The number of nitrogens with zero attached hydrogens (tertiary/aromatic N) is 3. The first-order valence-electron chi connectivity index (χ1n) is 9.95. The predicted molar refractivity (Wildman–Crippen MR) is 123 cm³/mol. The van der Waals surface area contributed by atoms with Gasteiger partial charge in [0.05, 0.1) is 5.69 Å². The molecule has 2 aromatic heterocycles. The predicted octanol–water partition coefficient (Wildman–Crippen LogP) is 4.27. The third-order valence-corrected chi connectivity index (χ3v) is 5.11. The summed E-state index contributed by atoms with van der Waals surface area (Å²) in [6.07, 6.45) is 1.58. The van der Waals surface area contributed by atoms with Crippen molar-refractivity contribution >= 4 is 34.4 Å². The van der Waals surface area contributed by atoms with Crippen LogP contribution in [-0.2, 0) is 7.05 Å². The summed E-state index contributed by atoms with van der Waals surface area (Å²) < 4.78 is 29.3. The van der Waals surface area contributed by atoms with E-state index < -0.39 is 17.7 Å². The number of benzene rings is 2. The van der Waals surface area contributed by atoms with Crippen molar-refractivity contribution < 1.29 is 13.6 Å². The molecule has 0 fully saturated rings. The van der Waals surface area contributed by atoms with Crippen LogP contribution in [-0.4, -0.2) is 27.6 Å². The van der Waals surface area contributed by atoms with Gasteiger partial charge in [0, 0.05) is 36.9 Å². The van der Waals surface area contributed by atoms with Crippen molar-refractivity contribution in [2.24, 2.45) is 7.05 Å². The zero-order chi connectivity index (χ0) is 23.7. The highest BCUT2D eigenvalue weighted by Gasteiger charge is 2.17. The van der Waals surface area contributed by atoms with E-state index in [1.54, 1.807) is 33.3 Å². The van der Waals surface area contributed by atoms with Crippen LogP contribution in [0.1, 0.15) is 5.56 Å². The van der Waals surface area contributed by atoms with Crippen LogP contribution in [0.25, 0.3) is 22.2 Å². The molecule has 0 spiro atoms. The standard InChI is InChI=1S/C23H20F2N6O2/c1-12-7-18(25)19(29-23(33)28-15-6-4-5-14(24)9-15)10-16(12)17-8-13-11-27-22(26-2)30-20(13)31(3)21(17)32/h4-11H,1-3H3,(H,26,27,30)(H2,28,29,33). The van der Waals surface area contributed by atoms with E-state index in [4.69, 9.17) is 0 Å². The van der Waals surface area contributed by atoms with Crippen molar-refractivity contribution in [2.45, 2.75) is 6.92 Å². The third-order valence-electron chi connectivity index (χ3n) is 5.11. The monoisotopic (exact) mass is 450 g/mol. The summed E-state index contributed by atoms with van der Waals surface area (Å²) >= 11 is 0. The van der Waals surface area contributed by atoms with E-state index in [1.165, 1.54) is 34.9 Å². The van der Waals surface area contributed by atoms with Gasteiger partial charge in [-0.2, -0.15) is 4.98 Å². The summed E-state index contributed by atoms with van der Waals surface area (Å²) in [7, 11) is 3.26. The number of pyridine rings is 1. The second-order valence-corrected chi connectivity index (χ2v) is 7.38. The van der Waals surface area contributed by atoms with Crippen LogP contribution in [0.3, 0.4) is 0 Å². The van der Waals surface area contributed by atoms with Gasteiger partial charge in [0.2, 0.25) is 5.95 Å².